The van der Waals surface area contributed by atoms with Crippen LogP contribution in [0.3, 0.4) is 0 Å². The van der Waals surface area contributed by atoms with Gasteiger partial charge in [0.25, 0.3) is 0 Å². The predicted molar refractivity (Wildman–Crippen MR) is 106 cm³/mol. The molecule has 2 aromatic rings. The van der Waals surface area contributed by atoms with Crippen LogP contribution in [0, 0.1) is 0 Å². The van der Waals surface area contributed by atoms with Crippen LogP contribution in [0.2, 0.25) is 5.02 Å². The van der Waals surface area contributed by atoms with Gasteiger partial charge in [-0.15, -0.1) is 12.4 Å². The summed E-state index contributed by atoms with van der Waals surface area (Å²) in [5, 5.41) is 4.26. The normalized spacial score (nSPS) is 15.9. The van der Waals surface area contributed by atoms with Crippen molar-refractivity contribution in [1.82, 2.24) is 5.32 Å². The second-order valence-corrected chi connectivity index (χ2v) is 6.95. The maximum atomic E-state index is 6.20. The Balaban J connectivity index is 0.00000225. The third-order valence-electron chi connectivity index (χ3n) is 4.77. The van der Waals surface area contributed by atoms with Gasteiger partial charge < -0.3 is 14.5 Å². The van der Waals surface area contributed by atoms with E-state index in [-0.39, 0.29) is 12.4 Å². The smallest absolute Gasteiger partial charge is 0.137 e. The Morgan fingerprint density at radius 2 is 1.80 bits per heavy atom. The third-order valence-corrected chi connectivity index (χ3v) is 5.06. The molecule has 3 nitrogen and oxygen atoms in total. The molecular formula is C20H27Cl2NO2. The summed E-state index contributed by atoms with van der Waals surface area (Å²) in [5.74, 6) is 2.49. The number of rotatable bonds is 5. The molecule has 0 unspecified atom stereocenters. The first kappa shape index (κ1) is 20.2. The van der Waals surface area contributed by atoms with Gasteiger partial charge in [-0.25, -0.2) is 0 Å². The van der Waals surface area contributed by atoms with Crippen LogP contribution < -0.4 is 10.1 Å². The largest absolute Gasteiger partial charge is 0.495 e. The standard InChI is InChI=1S/C20H26ClNO2.ClH/c1-23-20-11-9-15(13-18(20)21)19-12-10-17(24-19)14-22-16-7-5-3-2-4-6-8-16;/h9-13,16,22H,2-8,14H2,1H3;1H. The molecule has 0 bridgehead atoms. The molecule has 1 saturated carbocycles. The summed E-state index contributed by atoms with van der Waals surface area (Å²) in [6.45, 7) is 0.786. The highest BCUT2D eigenvalue weighted by Crippen LogP contribution is 2.31. The molecule has 1 aromatic carbocycles. The molecule has 0 atom stereocenters. The number of halogens is 2. The lowest BCUT2D eigenvalue weighted by molar-refractivity contribution is 0.372. The van der Waals surface area contributed by atoms with Crippen molar-refractivity contribution >= 4 is 24.0 Å². The molecular weight excluding hydrogens is 357 g/mol. The SMILES string of the molecule is COc1ccc(-c2ccc(CNC3CCCCCCC3)o2)cc1Cl.Cl. The Hall–Kier alpha value is -1.16. The van der Waals surface area contributed by atoms with E-state index in [1.165, 1.54) is 44.9 Å². The molecule has 0 radical (unpaired) electrons. The highest BCUT2D eigenvalue weighted by atomic mass is 35.5. The Kier molecular flexibility index (Phi) is 8.14. The molecule has 1 aromatic heterocycles. The van der Waals surface area contributed by atoms with Gasteiger partial charge in [-0.05, 0) is 43.2 Å². The Bertz CT molecular complexity index is 649. The first-order valence-electron chi connectivity index (χ1n) is 8.92. The van der Waals surface area contributed by atoms with Crippen LogP contribution in [0.1, 0.15) is 50.7 Å². The van der Waals surface area contributed by atoms with Crippen LogP contribution in [0.5, 0.6) is 5.75 Å². The zero-order valence-electron chi connectivity index (χ0n) is 14.7. The molecule has 0 amide bonds. The maximum absolute atomic E-state index is 6.20. The van der Waals surface area contributed by atoms with Gasteiger partial charge in [0, 0.05) is 11.6 Å². The third kappa shape index (κ3) is 5.67. The van der Waals surface area contributed by atoms with Gasteiger partial charge in [-0.1, -0.05) is 43.7 Å². The van der Waals surface area contributed by atoms with Crippen molar-refractivity contribution in [1.29, 1.82) is 0 Å². The van der Waals surface area contributed by atoms with Crippen LogP contribution in [-0.2, 0) is 6.54 Å². The number of methoxy groups -OCH3 is 1. The van der Waals surface area contributed by atoms with Gasteiger partial charge in [0.2, 0.25) is 0 Å². The minimum atomic E-state index is 0. The van der Waals surface area contributed by atoms with Crippen LogP contribution >= 0.6 is 24.0 Å². The number of hydrogen-bond acceptors (Lipinski definition) is 3. The number of ether oxygens (including phenoxy) is 1. The minimum Gasteiger partial charge on any atom is -0.495 e. The van der Waals surface area contributed by atoms with E-state index in [1.807, 2.05) is 30.3 Å². The zero-order chi connectivity index (χ0) is 16.8. The maximum Gasteiger partial charge on any atom is 0.137 e. The van der Waals surface area contributed by atoms with Gasteiger partial charge in [0.1, 0.15) is 17.3 Å². The molecule has 0 spiro atoms. The van der Waals surface area contributed by atoms with Gasteiger partial charge in [0.15, 0.2) is 0 Å². The first-order valence-corrected chi connectivity index (χ1v) is 9.30. The zero-order valence-corrected chi connectivity index (χ0v) is 16.3. The molecule has 1 N–H and O–H groups in total. The second kappa shape index (κ2) is 10.1. The summed E-state index contributed by atoms with van der Waals surface area (Å²) in [6, 6.07) is 10.4. The summed E-state index contributed by atoms with van der Waals surface area (Å²) >= 11 is 6.20. The van der Waals surface area contributed by atoms with Crippen molar-refractivity contribution in [2.24, 2.45) is 0 Å². The van der Waals surface area contributed by atoms with Crippen LogP contribution in [0.4, 0.5) is 0 Å². The Morgan fingerprint density at radius 3 is 2.48 bits per heavy atom. The molecule has 0 aliphatic heterocycles. The second-order valence-electron chi connectivity index (χ2n) is 6.54. The summed E-state index contributed by atoms with van der Waals surface area (Å²) < 4.78 is 11.2. The van der Waals surface area contributed by atoms with Crippen molar-refractivity contribution < 1.29 is 9.15 Å². The predicted octanol–water partition coefficient (Wildman–Crippen LogP) is 6.23. The molecule has 1 aliphatic rings. The van der Waals surface area contributed by atoms with Gasteiger partial charge in [-0.2, -0.15) is 0 Å². The first-order chi connectivity index (χ1) is 11.8. The molecule has 5 heteroatoms. The number of hydrogen-bond donors (Lipinski definition) is 1. The lowest BCUT2D eigenvalue weighted by atomic mass is 9.97. The molecule has 25 heavy (non-hydrogen) atoms. The van der Waals surface area contributed by atoms with Crippen LogP contribution in [-0.4, -0.2) is 13.2 Å². The molecule has 1 heterocycles. The van der Waals surface area contributed by atoms with Crippen molar-refractivity contribution in [3.8, 4) is 17.1 Å². The Labute approximate surface area is 161 Å². The fraction of sp³-hybridized carbons (Fsp3) is 0.500. The van der Waals surface area contributed by atoms with Gasteiger partial charge in [-0.3, -0.25) is 0 Å². The minimum absolute atomic E-state index is 0. The average Bonchev–Trinajstić information content (AvgIpc) is 3.03. The van der Waals surface area contributed by atoms with Gasteiger partial charge in [0.05, 0.1) is 18.7 Å². The quantitative estimate of drug-likeness (QED) is 0.663. The summed E-state index contributed by atoms with van der Waals surface area (Å²) in [4.78, 5) is 0. The fourth-order valence-electron chi connectivity index (χ4n) is 3.35. The number of benzene rings is 1. The number of nitrogens with one attached hydrogen (secondary N) is 1. The topological polar surface area (TPSA) is 34.4 Å². The monoisotopic (exact) mass is 383 g/mol. The highest BCUT2D eigenvalue weighted by molar-refractivity contribution is 6.32. The van der Waals surface area contributed by atoms with E-state index in [9.17, 15) is 0 Å². The van der Waals surface area contributed by atoms with E-state index in [1.54, 1.807) is 7.11 Å². The van der Waals surface area contributed by atoms with Crippen molar-refractivity contribution in [3.05, 3.63) is 41.1 Å². The Morgan fingerprint density at radius 1 is 1.08 bits per heavy atom. The summed E-state index contributed by atoms with van der Waals surface area (Å²) in [6.07, 6.45) is 9.39. The summed E-state index contributed by atoms with van der Waals surface area (Å²) in [7, 11) is 1.62. The van der Waals surface area contributed by atoms with Crippen LogP contribution in [0.15, 0.2) is 34.7 Å². The highest BCUT2D eigenvalue weighted by Gasteiger charge is 2.12. The van der Waals surface area contributed by atoms with E-state index < -0.39 is 0 Å². The fourth-order valence-corrected chi connectivity index (χ4v) is 3.61. The van der Waals surface area contributed by atoms with E-state index >= 15 is 0 Å². The number of furan rings is 1. The lowest BCUT2D eigenvalue weighted by Gasteiger charge is -2.20. The molecule has 3 rings (SSSR count). The van der Waals surface area contributed by atoms with Crippen LogP contribution in [0.25, 0.3) is 11.3 Å². The molecule has 0 saturated heterocycles. The molecule has 1 aliphatic carbocycles. The van der Waals surface area contributed by atoms with Gasteiger partial charge >= 0.3 is 0 Å². The molecule has 1 fully saturated rings. The van der Waals surface area contributed by atoms with E-state index in [2.05, 4.69) is 5.32 Å². The van der Waals surface area contributed by atoms with Crippen molar-refractivity contribution in [2.45, 2.75) is 57.5 Å². The molecule has 138 valence electrons. The van der Waals surface area contributed by atoms with E-state index in [0.29, 0.717) is 16.8 Å². The lowest BCUT2D eigenvalue weighted by Crippen LogP contribution is -2.29. The van der Waals surface area contributed by atoms with E-state index in [4.69, 9.17) is 20.8 Å². The van der Waals surface area contributed by atoms with Crippen molar-refractivity contribution in [2.75, 3.05) is 7.11 Å². The van der Waals surface area contributed by atoms with Crippen molar-refractivity contribution in [3.63, 3.8) is 0 Å². The van der Waals surface area contributed by atoms with E-state index in [0.717, 1.165) is 23.6 Å². The average molecular weight is 384 g/mol. The summed E-state index contributed by atoms with van der Waals surface area (Å²) in [5.41, 5.74) is 0.970.